The first-order valence-electron chi connectivity index (χ1n) is 10.2. The number of pyridine rings is 2. The first-order chi connectivity index (χ1) is 16.3. The van der Waals surface area contributed by atoms with Crippen LogP contribution in [0, 0.1) is 0 Å². The van der Waals surface area contributed by atoms with E-state index >= 15 is 0 Å². The molecular weight excluding hydrogens is 449 g/mol. The molecule has 0 saturated carbocycles. The second-order valence-corrected chi connectivity index (χ2v) is 7.54. The lowest BCUT2D eigenvalue weighted by molar-refractivity contribution is -0.137. The molecule has 5 rings (SSSR count). The quantitative estimate of drug-likeness (QED) is 0.364. The summed E-state index contributed by atoms with van der Waals surface area (Å²) >= 11 is 0. The van der Waals surface area contributed by atoms with Crippen LogP contribution in [0.25, 0.3) is 33.1 Å². The van der Waals surface area contributed by atoms with Gasteiger partial charge in [0.1, 0.15) is 11.2 Å². The smallest absolute Gasteiger partial charge is 0.382 e. The van der Waals surface area contributed by atoms with E-state index in [0.29, 0.717) is 23.8 Å². The Morgan fingerprint density at radius 3 is 2.71 bits per heavy atom. The van der Waals surface area contributed by atoms with E-state index in [2.05, 4.69) is 30.6 Å². The average molecular weight is 466 g/mol. The molecule has 1 amide bonds. The summed E-state index contributed by atoms with van der Waals surface area (Å²) in [4.78, 5) is 20.3. The maximum atomic E-state index is 12.6. The van der Waals surface area contributed by atoms with Crippen molar-refractivity contribution in [1.29, 1.82) is 0 Å². The molecule has 0 aliphatic rings. The summed E-state index contributed by atoms with van der Waals surface area (Å²) < 4.78 is 39.6. The summed E-state index contributed by atoms with van der Waals surface area (Å²) in [5.74, 6) is -0.301. The molecule has 0 aliphatic heterocycles. The number of hydrogen-bond acceptors (Lipinski definition) is 6. The highest BCUT2D eigenvalue weighted by Gasteiger charge is 2.30. The lowest BCUT2D eigenvalue weighted by atomic mass is 10.1. The molecule has 0 radical (unpaired) electrons. The zero-order chi connectivity index (χ0) is 23.9. The highest BCUT2D eigenvalue weighted by atomic mass is 19.4. The van der Waals surface area contributed by atoms with E-state index < -0.39 is 17.6 Å². The first-order valence-corrected chi connectivity index (χ1v) is 10.2. The van der Waals surface area contributed by atoms with Gasteiger partial charge in [0.05, 0.1) is 23.3 Å². The topological polar surface area (TPSA) is 127 Å². The van der Waals surface area contributed by atoms with E-state index in [0.717, 1.165) is 34.2 Å². The van der Waals surface area contributed by atoms with Gasteiger partial charge in [0.2, 0.25) is 0 Å². The van der Waals surface area contributed by atoms with Crippen LogP contribution in [0.15, 0.2) is 55.0 Å². The molecule has 0 spiro atoms. The van der Waals surface area contributed by atoms with Crippen LogP contribution in [0.4, 0.5) is 19.0 Å². The van der Waals surface area contributed by atoms with Gasteiger partial charge in [-0.15, -0.1) is 0 Å². The van der Waals surface area contributed by atoms with Crippen LogP contribution < -0.4 is 11.1 Å². The number of aromatic nitrogens is 6. The highest BCUT2D eigenvalue weighted by Crippen LogP contribution is 2.30. The minimum absolute atomic E-state index is 0.105. The fraction of sp³-hybridized carbons (Fsp3) is 0.136. The number of nitrogens with two attached hydrogens (primary N) is 1. The van der Waals surface area contributed by atoms with Crippen molar-refractivity contribution in [3.63, 3.8) is 0 Å². The van der Waals surface area contributed by atoms with Crippen LogP contribution in [0.2, 0.25) is 0 Å². The summed E-state index contributed by atoms with van der Waals surface area (Å²) in [6.45, 7) is 0.499. The SMILES string of the molecule is Nc1nc2cc(-c3ccn[nH]3)ccc2c2cn(CCNC(=O)c3ccc(C(F)(F)F)cn3)nc12. The number of nitrogen functional groups attached to an aromatic ring is 1. The van der Waals surface area contributed by atoms with E-state index in [9.17, 15) is 18.0 Å². The first kappa shape index (κ1) is 21.4. The molecule has 0 saturated heterocycles. The van der Waals surface area contributed by atoms with Gasteiger partial charge in [-0.25, -0.2) is 4.98 Å². The van der Waals surface area contributed by atoms with E-state index in [1.54, 1.807) is 10.9 Å². The molecule has 34 heavy (non-hydrogen) atoms. The number of anilines is 1. The highest BCUT2D eigenvalue weighted by molar-refractivity contribution is 6.08. The molecule has 0 fully saturated rings. The minimum atomic E-state index is -4.51. The van der Waals surface area contributed by atoms with Crippen LogP contribution in [-0.2, 0) is 12.7 Å². The summed E-state index contributed by atoms with van der Waals surface area (Å²) in [6, 6.07) is 9.51. The van der Waals surface area contributed by atoms with Crippen molar-refractivity contribution in [3.05, 3.63) is 66.2 Å². The van der Waals surface area contributed by atoms with Gasteiger partial charge >= 0.3 is 6.18 Å². The number of fused-ring (bicyclic) bond motifs is 3. The van der Waals surface area contributed by atoms with Crippen molar-refractivity contribution in [2.75, 3.05) is 12.3 Å². The summed E-state index contributed by atoms with van der Waals surface area (Å²) in [5, 5.41) is 15.6. The largest absolute Gasteiger partial charge is 0.417 e. The van der Waals surface area contributed by atoms with Gasteiger partial charge in [-0.3, -0.25) is 19.6 Å². The number of hydrogen-bond donors (Lipinski definition) is 3. The monoisotopic (exact) mass is 466 g/mol. The molecule has 4 heterocycles. The molecule has 0 unspecified atom stereocenters. The van der Waals surface area contributed by atoms with Crippen molar-refractivity contribution < 1.29 is 18.0 Å². The molecule has 5 aromatic rings. The van der Waals surface area contributed by atoms with Gasteiger partial charge in [0, 0.05) is 41.5 Å². The molecule has 9 nitrogen and oxygen atoms in total. The molecule has 0 aliphatic carbocycles. The number of rotatable bonds is 5. The van der Waals surface area contributed by atoms with E-state index in [4.69, 9.17) is 5.73 Å². The summed E-state index contributed by atoms with van der Waals surface area (Å²) in [5.41, 5.74) is 8.14. The molecule has 4 aromatic heterocycles. The lowest BCUT2D eigenvalue weighted by Gasteiger charge is -2.07. The number of aromatic amines is 1. The van der Waals surface area contributed by atoms with Crippen molar-refractivity contribution in [2.45, 2.75) is 12.7 Å². The molecule has 12 heteroatoms. The Hall–Kier alpha value is -4.48. The van der Waals surface area contributed by atoms with E-state index in [-0.39, 0.29) is 18.1 Å². The van der Waals surface area contributed by atoms with Gasteiger partial charge in [-0.05, 0) is 24.3 Å². The molecular formula is C22H17F3N8O. The Balaban J connectivity index is 1.32. The van der Waals surface area contributed by atoms with Gasteiger partial charge in [-0.2, -0.15) is 23.4 Å². The number of halogens is 3. The van der Waals surface area contributed by atoms with Crippen LogP contribution >= 0.6 is 0 Å². The number of H-pyrrole nitrogens is 1. The van der Waals surface area contributed by atoms with Gasteiger partial charge in [-0.1, -0.05) is 12.1 Å². The van der Waals surface area contributed by atoms with Crippen LogP contribution in [0.1, 0.15) is 16.1 Å². The van der Waals surface area contributed by atoms with Crippen molar-refractivity contribution >= 4 is 33.5 Å². The second kappa shape index (κ2) is 8.14. The standard InChI is InChI=1S/C22H17F3N8O/c23-22(24,25)13-2-4-17(28-10-13)21(34)27-7-8-33-11-15-14-3-1-12(16-5-6-29-31-16)9-18(14)30-20(26)19(15)32-33/h1-6,9-11H,7-8H2,(H2,26,30)(H,27,34)(H,29,31). The summed E-state index contributed by atoms with van der Waals surface area (Å²) in [6.07, 6.45) is -0.394. The second-order valence-electron chi connectivity index (χ2n) is 7.54. The number of benzene rings is 1. The van der Waals surface area contributed by atoms with Gasteiger partial charge in [0.25, 0.3) is 5.91 Å². The van der Waals surface area contributed by atoms with Gasteiger partial charge in [0.15, 0.2) is 5.82 Å². The Morgan fingerprint density at radius 2 is 2.00 bits per heavy atom. The number of nitrogens with one attached hydrogen (secondary N) is 2. The van der Waals surface area contributed by atoms with E-state index in [1.165, 1.54) is 0 Å². The van der Waals surface area contributed by atoms with Crippen LogP contribution in [0.5, 0.6) is 0 Å². The molecule has 0 atom stereocenters. The zero-order valence-corrected chi connectivity index (χ0v) is 17.5. The Labute approximate surface area is 189 Å². The molecule has 172 valence electrons. The third-order valence-corrected chi connectivity index (χ3v) is 5.29. The number of alkyl halides is 3. The number of carbonyl (C=O) groups is 1. The van der Waals surface area contributed by atoms with Crippen molar-refractivity contribution in [2.24, 2.45) is 0 Å². The predicted molar refractivity (Wildman–Crippen MR) is 119 cm³/mol. The number of carbonyl (C=O) groups excluding carboxylic acids is 1. The molecule has 4 N–H and O–H groups in total. The Bertz CT molecular complexity index is 1490. The van der Waals surface area contributed by atoms with Crippen molar-refractivity contribution in [1.82, 2.24) is 35.3 Å². The average Bonchev–Trinajstić information content (AvgIpc) is 3.49. The van der Waals surface area contributed by atoms with Crippen LogP contribution in [0.3, 0.4) is 0 Å². The third kappa shape index (κ3) is 4.00. The molecule has 0 bridgehead atoms. The third-order valence-electron chi connectivity index (χ3n) is 5.29. The predicted octanol–water partition coefficient (Wildman–Crippen LogP) is 3.40. The fourth-order valence-corrected chi connectivity index (χ4v) is 3.61. The minimum Gasteiger partial charge on any atom is -0.382 e. The Kier molecular flexibility index (Phi) is 5.11. The van der Waals surface area contributed by atoms with Crippen LogP contribution in [-0.4, -0.2) is 42.4 Å². The fourth-order valence-electron chi connectivity index (χ4n) is 3.61. The maximum absolute atomic E-state index is 12.6. The lowest BCUT2D eigenvalue weighted by Crippen LogP contribution is -2.28. The van der Waals surface area contributed by atoms with E-state index in [1.807, 2.05) is 30.5 Å². The number of nitrogens with zero attached hydrogens (tertiary/aromatic N) is 5. The number of amides is 1. The Morgan fingerprint density at radius 1 is 1.15 bits per heavy atom. The summed E-state index contributed by atoms with van der Waals surface area (Å²) in [7, 11) is 0. The van der Waals surface area contributed by atoms with Crippen molar-refractivity contribution in [3.8, 4) is 11.3 Å². The zero-order valence-electron chi connectivity index (χ0n) is 17.5. The molecule has 1 aromatic carbocycles. The maximum Gasteiger partial charge on any atom is 0.417 e. The van der Waals surface area contributed by atoms with Gasteiger partial charge < -0.3 is 11.1 Å². The normalized spacial score (nSPS) is 11.9.